The second-order valence-electron chi connectivity index (χ2n) is 5.36. The summed E-state index contributed by atoms with van der Waals surface area (Å²) in [7, 11) is 0. The largest absolute Gasteiger partial charge is 0.504 e. The zero-order chi connectivity index (χ0) is 13.9. The lowest BCUT2D eigenvalue weighted by molar-refractivity contribution is 0.133. The monoisotopic (exact) mass is 250 g/mol. The van der Waals surface area contributed by atoms with E-state index in [1.807, 2.05) is 19.1 Å². The van der Waals surface area contributed by atoms with Crippen LogP contribution in [-0.4, -0.2) is 20.9 Å². The first kappa shape index (κ1) is 14.6. The predicted molar refractivity (Wildman–Crippen MR) is 73.0 cm³/mol. The Morgan fingerprint density at radius 1 is 1.22 bits per heavy atom. The number of hydrogen-bond acceptors (Lipinski definition) is 3. The second-order valence-corrected chi connectivity index (χ2v) is 5.36. The standard InChI is InChI=1S/C15H22O3/c1-10(6-5-9-15(3,4)18)12-8-7-11(2)13(16)14(12)17/h5,7-10,16-18H,6H2,1-4H3/b9-5+/t10-/m1/s1. The first-order valence-corrected chi connectivity index (χ1v) is 6.14. The first-order chi connectivity index (χ1) is 8.22. The molecule has 0 saturated carbocycles. The highest BCUT2D eigenvalue weighted by Gasteiger charge is 2.14. The van der Waals surface area contributed by atoms with Crippen molar-refractivity contribution in [3.8, 4) is 11.5 Å². The fraction of sp³-hybridized carbons (Fsp3) is 0.467. The van der Waals surface area contributed by atoms with E-state index in [1.54, 1.807) is 32.9 Å². The van der Waals surface area contributed by atoms with Crippen molar-refractivity contribution in [3.63, 3.8) is 0 Å². The van der Waals surface area contributed by atoms with E-state index in [0.717, 1.165) is 5.56 Å². The van der Waals surface area contributed by atoms with Gasteiger partial charge in [-0.2, -0.15) is 0 Å². The molecular weight excluding hydrogens is 228 g/mol. The summed E-state index contributed by atoms with van der Waals surface area (Å²) in [5.41, 5.74) is 0.561. The lowest BCUT2D eigenvalue weighted by atomic mass is 9.94. The van der Waals surface area contributed by atoms with E-state index in [0.29, 0.717) is 12.0 Å². The van der Waals surface area contributed by atoms with E-state index in [1.165, 1.54) is 0 Å². The van der Waals surface area contributed by atoms with Crippen molar-refractivity contribution >= 4 is 0 Å². The van der Waals surface area contributed by atoms with Gasteiger partial charge in [-0.3, -0.25) is 0 Å². The van der Waals surface area contributed by atoms with Gasteiger partial charge in [0, 0.05) is 5.56 Å². The lowest BCUT2D eigenvalue weighted by Crippen LogP contribution is -2.13. The number of aromatic hydroxyl groups is 2. The number of aliphatic hydroxyl groups is 1. The second kappa shape index (κ2) is 5.44. The molecule has 0 aromatic heterocycles. The zero-order valence-electron chi connectivity index (χ0n) is 11.4. The van der Waals surface area contributed by atoms with Crippen LogP contribution in [0.25, 0.3) is 0 Å². The molecule has 100 valence electrons. The van der Waals surface area contributed by atoms with Gasteiger partial charge >= 0.3 is 0 Å². The molecule has 3 N–H and O–H groups in total. The van der Waals surface area contributed by atoms with Crippen molar-refractivity contribution in [2.75, 3.05) is 0 Å². The van der Waals surface area contributed by atoms with E-state index >= 15 is 0 Å². The summed E-state index contributed by atoms with van der Waals surface area (Å²) in [5.74, 6) is -0.0138. The molecule has 0 heterocycles. The minimum Gasteiger partial charge on any atom is -0.504 e. The molecule has 0 aliphatic carbocycles. The molecule has 1 aromatic rings. The minimum atomic E-state index is -0.822. The highest BCUT2D eigenvalue weighted by molar-refractivity contribution is 5.50. The van der Waals surface area contributed by atoms with Gasteiger partial charge in [0.25, 0.3) is 0 Å². The first-order valence-electron chi connectivity index (χ1n) is 6.14. The van der Waals surface area contributed by atoms with Crippen LogP contribution in [-0.2, 0) is 0 Å². The van der Waals surface area contributed by atoms with Crippen LogP contribution in [0.5, 0.6) is 11.5 Å². The van der Waals surface area contributed by atoms with E-state index in [9.17, 15) is 15.3 Å². The number of aryl methyl sites for hydroxylation is 1. The van der Waals surface area contributed by atoms with Gasteiger partial charge in [-0.1, -0.05) is 31.2 Å². The summed E-state index contributed by atoms with van der Waals surface area (Å²) < 4.78 is 0. The van der Waals surface area contributed by atoms with Crippen LogP contribution in [0, 0.1) is 6.92 Å². The summed E-state index contributed by atoms with van der Waals surface area (Å²) >= 11 is 0. The number of phenolic OH excluding ortho intramolecular Hbond substituents is 2. The Labute approximate surface area is 108 Å². The summed E-state index contributed by atoms with van der Waals surface area (Å²) in [6.07, 6.45) is 4.32. The Morgan fingerprint density at radius 2 is 1.83 bits per heavy atom. The van der Waals surface area contributed by atoms with Crippen LogP contribution in [0.4, 0.5) is 0 Å². The van der Waals surface area contributed by atoms with E-state index in [-0.39, 0.29) is 17.4 Å². The quantitative estimate of drug-likeness (QED) is 0.568. The normalized spacial score (nSPS) is 14.1. The number of rotatable bonds is 4. The third-order valence-electron chi connectivity index (χ3n) is 2.93. The van der Waals surface area contributed by atoms with Crippen LogP contribution < -0.4 is 0 Å². The van der Waals surface area contributed by atoms with Gasteiger partial charge in [-0.15, -0.1) is 0 Å². The van der Waals surface area contributed by atoms with Gasteiger partial charge in [0.15, 0.2) is 11.5 Å². The molecule has 18 heavy (non-hydrogen) atoms. The van der Waals surface area contributed by atoms with Crippen molar-refractivity contribution in [3.05, 3.63) is 35.4 Å². The fourth-order valence-electron chi connectivity index (χ4n) is 1.78. The molecule has 0 radical (unpaired) electrons. The van der Waals surface area contributed by atoms with Crippen molar-refractivity contribution in [2.45, 2.75) is 45.6 Å². The fourth-order valence-corrected chi connectivity index (χ4v) is 1.78. The van der Waals surface area contributed by atoms with Crippen LogP contribution in [0.1, 0.15) is 44.2 Å². The molecule has 1 rings (SSSR count). The lowest BCUT2D eigenvalue weighted by Gasteiger charge is -2.15. The van der Waals surface area contributed by atoms with Gasteiger partial charge in [0.1, 0.15) is 0 Å². The molecule has 1 aromatic carbocycles. The molecular formula is C15H22O3. The van der Waals surface area contributed by atoms with Gasteiger partial charge < -0.3 is 15.3 Å². The maximum atomic E-state index is 9.88. The summed E-state index contributed by atoms with van der Waals surface area (Å²) in [6.45, 7) is 7.14. The molecule has 0 saturated heterocycles. The summed E-state index contributed by atoms with van der Waals surface area (Å²) in [4.78, 5) is 0. The third kappa shape index (κ3) is 3.77. The van der Waals surface area contributed by atoms with Crippen molar-refractivity contribution in [2.24, 2.45) is 0 Å². The number of hydrogen-bond donors (Lipinski definition) is 3. The predicted octanol–water partition coefficient (Wildman–Crippen LogP) is 3.23. The van der Waals surface area contributed by atoms with Crippen LogP contribution >= 0.6 is 0 Å². The maximum absolute atomic E-state index is 9.88. The molecule has 0 aliphatic rings. The SMILES string of the molecule is Cc1ccc([C@H](C)C/C=C/C(C)(C)O)c(O)c1O. The molecule has 0 amide bonds. The molecule has 0 fully saturated rings. The molecule has 0 spiro atoms. The Kier molecular flexibility index (Phi) is 4.41. The zero-order valence-corrected chi connectivity index (χ0v) is 11.4. The molecule has 3 heteroatoms. The van der Waals surface area contributed by atoms with Crippen LogP contribution in [0.15, 0.2) is 24.3 Å². The Morgan fingerprint density at radius 3 is 2.39 bits per heavy atom. The Balaban J connectivity index is 2.83. The van der Waals surface area contributed by atoms with Gasteiger partial charge in [-0.05, 0) is 38.7 Å². The van der Waals surface area contributed by atoms with E-state index in [4.69, 9.17) is 0 Å². The van der Waals surface area contributed by atoms with E-state index in [2.05, 4.69) is 0 Å². The van der Waals surface area contributed by atoms with Crippen LogP contribution in [0.2, 0.25) is 0 Å². The molecule has 1 atom stereocenters. The maximum Gasteiger partial charge on any atom is 0.161 e. The van der Waals surface area contributed by atoms with Gasteiger partial charge in [0.2, 0.25) is 0 Å². The van der Waals surface area contributed by atoms with Gasteiger partial charge in [-0.25, -0.2) is 0 Å². The topological polar surface area (TPSA) is 60.7 Å². The molecule has 0 bridgehead atoms. The highest BCUT2D eigenvalue weighted by atomic mass is 16.3. The number of allylic oxidation sites excluding steroid dienone is 1. The summed E-state index contributed by atoms with van der Waals surface area (Å²) in [6, 6.07) is 3.62. The Bertz CT molecular complexity index is 442. The molecule has 3 nitrogen and oxygen atoms in total. The Hall–Kier alpha value is -1.48. The average molecular weight is 250 g/mol. The van der Waals surface area contributed by atoms with Gasteiger partial charge in [0.05, 0.1) is 5.60 Å². The average Bonchev–Trinajstić information content (AvgIpc) is 2.24. The van der Waals surface area contributed by atoms with Crippen molar-refractivity contribution in [1.82, 2.24) is 0 Å². The highest BCUT2D eigenvalue weighted by Crippen LogP contribution is 2.37. The smallest absolute Gasteiger partial charge is 0.161 e. The van der Waals surface area contributed by atoms with Crippen molar-refractivity contribution < 1.29 is 15.3 Å². The van der Waals surface area contributed by atoms with Crippen molar-refractivity contribution in [1.29, 1.82) is 0 Å². The number of phenols is 2. The van der Waals surface area contributed by atoms with Crippen LogP contribution in [0.3, 0.4) is 0 Å². The number of benzene rings is 1. The minimum absolute atomic E-state index is 0.0424. The molecule has 0 unspecified atom stereocenters. The third-order valence-corrected chi connectivity index (χ3v) is 2.93. The molecule has 0 aliphatic heterocycles. The van der Waals surface area contributed by atoms with E-state index < -0.39 is 5.60 Å². The summed E-state index contributed by atoms with van der Waals surface area (Å²) in [5, 5.41) is 29.1.